The van der Waals surface area contributed by atoms with Gasteiger partial charge in [-0.2, -0.15) is 0 Å². The quantitative estimate of drug-likeness (QED) is 0.389. The number of hydrogen-bond acceptors (Lipinski definition) is 3. The van der Waals surface area contributed by atoms with Crippen LogP contribution in [0.25, 0.3) is 0 Å². The molecule has 2 aromatic rings. The van der Waals surface area contributed by atoms with Crippen molar-refractivity contribution in [3.63, 3.8) is 0 Å². The highest BCUT2D eigenvalue weighted by Gasteiger charge is 2.08. The van der Waals surface area contributed by atoms with Crippen molar-refractivity contribution in [3.05, 3.63) is 57.8 Å². The van der Waals surface area contributed by atoms with Gasteiger partial charge < -0.3 is 15.7 Å². The van der Waals surface area contributed by atoms with Crippen LogP contribution in [0.1, 0.15) is 5.56 Å². The molecule has 20 heavy (non-hydrogen) atoms. The van der Waals surface area contributed by atoms with E-state index in [0.29, 0.717) is 11.3 Å². The molecule has 3 N–H and O–H groups in total. The maximum absolute atomic E-state index is 13.3. The van der Waals surface area contributed by atoms with Crippen LogP contribution in [0.4, 0.5) is 4.39 Å². The van der Waals surface area contributed by atoms with Crippen LogP contribution in [0.3, 0.4) is 0 Å². The predicted molar refractivity (Wildman–Crippen MR) is 75.4 cm³/mol. The fourth-order valence-electron chi connectivity index (χ4n) is 1.47. The van der Waals surface area contributed by atoms with Crippen molar-refractivity contribution < 1.29 is 14.3 Å². The van der Waals surface area contributed by atoms with Gasteiger partial charge in [-0.3, -0.25) is 0 Å². The summed E-state index contributed by atoms with van der Waals surface area (Å²) in [5.41, 5.74) is 5.88. The van der Waals surface area contributed by atoms with Gasteiger partial charge in [0.05, 0.1) is 10.0 Å². The van der Waals surface area contributed by atoms with E-state index in [1.807, 2.05) is 0 Å². The van der Waals surface area contributed by atoms with Crippen LogP contribution in [0, 0.1) is 5.82 Å². The van der Waals surface area contributed by atoms with Crippen molar-refractivity contribution >= 4 is 29.0 Å². The maximum Gasteiger partial charge on any atom is 0.170 e. The number of amidine groups is 1. The van der Waals surface area contributed by atoms with Crippen LogP contribution >= 0.6 is 23.2 Å². The van der Waals surface area contributed by atoms with E-state index in [1.54, 1.807) is 6.07 Å². The summed E-state index contributed by atoms with van der Waals surface area (Å²) in [6.45, 7) is 0. The molecule has 0 aromatic heterocycles. The van der Waals surface area contributed by atoms with Crippen molar-refractivity contribution in [2.45, 2.75) is 0 Å². The number of oxime groups is 1. The normalized spacial score (nSPS) is 11.4. The summed E-state index contributed by atoms with van der Waals surface area (Å²) >= 11 is 11.6. The lowest BCUT2D eigenvalue weighted by atomic mass is 10.2. The molecule has 7 heteroatoms. The van der Waals surface area contributed by atoms with E-state index >= 15 is 0 Å². The second-order valence-corrected chi connectivity index (χ2v) is 4.62. The van der Waals surface area contributed by atoms with E-state index in [4.69, 9.17) is 38.9 Å². The first-order valence-corrected chi connectivity index (χ1v) is 6.17. The minimum Gasteiger partial charge on any atom is -0.456 e. The minimum absolute atomic E-state index is 0.00530. The van der Waals surface area contributed by atoms with Gasteiger partial charge >= 0.3 is 0 Å². The molecule has 0 spiro atoms. The van der Waals surface area contributed by atoms with Crippen molar-refractivity contribution in [3.8, 4) is 11.5 Å². The van der Waals surface area contributed by atoms with Gasteiger partial charge in [-0.1, -0.05) is 28.4 Å². The number of nitrogens with zero attached hydrogens (tertiary/aromatic N) is 1. The van der Waals surface area contributed by atoms with E-state index in [0.717, 1.165) is 6.07 Å². The Hall–Kier alpha value is -1.98. The molecule has 104 valence electrons. The largest absolute Gasteiger partial charge is 0.456 e. The molecular formula is C13H9Cl2FN2O2. The highest BCUT2D eigenvalue weighted by atomic mass is 35.5. The molecule has 2 aromatic carbocycles. The average molecular weight is 315 g/mol. The zero-order chi connectivity index (χ0) is 14.7. The molecule has 0 atom stereocenters. The maximum atomic E-state index is 13.3. The zero-order valence-corrected chi connectivity index (χ0v) is 11.5. The molecule has 0 saturated heterocycles. The minimum atomic E-state index is -0.589. The Morgan fingerprint density at radius 3 is 2.50 bits per heavy atom. The van der Waals surface area contributed by atoms with Crippen LogP contribution in [0.5, 0.6) is 11.5 Å². The SMILES string of the molecule is N/C(=N/O)c1ccc(Oc2ccc(Cl)c(F)c2)c(Cl)c1. The molecule has 0 saturated carbocycles. The fraction of sp³-hybridized carbons (Fsp3) is 0. The van der Waals surface area contributed by atoms with Gasteiger partial charge in [-0.15, -0.1) is 0 Å². The van der Waals surface area contributed by atoms with Gasteiger partial charge in [0, 0.05) is 11.6 Å². The molecule has 4 nitrogen and oxygen atoms in total. The van der Waals surface area contributed by atoms with Gasteiger partial charge in [-0.25, -0.2) is 4.39 Å². The van der Waals surface area contributed by atoms with Crippen molar-refractivity contribution in [2.75, 3.05) is 0 Å². The molecule has 0 radical (unpaired) electrons. The summed E-state index contributed by atoms with van der Waals surface area (Å²) in [5, 5.41) is 11.7. The summed E-state index contributed by atoms with van der Waals surface area (Å²) in [6, 6.07) is 8.60. The van der Waals surface area contributed by atoms with Gasteiger partial charge in [-0.05, 0) is 30.3 Å². The molecule has 2 rings (SSSR count). The zero-order valence-electron chi connectivity index (χ0n) is 9.98. The van der Waals surface area contributed by atoms with Crippen molar-refractivity contribution in [1.82, 2.24) is 0 Å². The number of nitrogens with two attached hydrogens (primary N) is 1. The smallest absolute Gasteiger partial charge is 0.170 e. The topological polar surface area (TPSA) is 67.8 Å². The predicted octanol–water partition coefficient (Wildman–Crippen LogP) is 4.02. The Morgan fingerprint density at radius 1 is 1.15 bits per heavy atom. The first-order chi connectivity index (χ1) is 9.51. The van der Waals surface area contributed by atoms with E-state index in [1.165, 1.54) is 24.3 Å². The molecule has 0 amide bonds. The first kappa shape index (κ1) is 14.4. The molecule has 0 aliphatic rings. The third-order valence-electron chi connectivity index (χ3n) is 2.45. The number of halogens is 3. The monoisotopic (exact) mass is 314 g/mol. The Bertz CT molecular complexity index is 677. The van der Waals surface area contributed by atoms with E-state index in [-0.39, 0.29) is 21.6 Å². The lowest BCUT2D eigenvalue weighted by Crippen LogP contribution is -2.12. The highest BCUT2D eigenvalue weighted by Crippen LogP contribution is 2.31. The lowest BCUT2D eigenvalue weighted by Gasteiger charge is -2.09. The van der Waals surface area contributed by atoms with E-state index < -0.39 is 5.82 Å². The summed E-state index contributed by atoms with van der Waals surface area (Å²) in [7, 11) is 0. The summed E-state index contributed by atoms with van der Waals surface area (Å²) < 4.78 is 18.7. The standard InChI is InChI=1S/C13H9Cl2FN2O2/c14-9-3-2-8(6-11(9)16)20-12-4-1-7(5-10(12)15)13(17)18-19/h1-6,19H,(H2,17,18). The second kappa shape index (κ2) is 5.98. The number of ether oxygens (including phenoxy) is 1. The van der Waals surface area contributed by atoms with Crippen LogP contribution in [-0.4, -0.2) is 11.0 Å². The first-order valence-electron chi connectivity index (χ1n) is 5.41. The van der Waals surface area contributed by atoms with Gasteiger partial charge in [0.25, 0.3) is 0 Å². The van der Waals surface area contributed by atoms with Gasteiger partial charge in [0.15, 0.2) is 5.84 Å². The molecule has 0 aliphatic carbocycles. The van der Waals surface area contributed by atoms with E-state index in [9.17, 15) is 4.39 Å². The molecule has 0 aliphatic heterocycles. The van der Waals surface area contributed by atoms with Crippen LogP contribution in [0.15, 0.2) is 41.6 Å². The number of benzene rings is 2. The Balaban J connectivity index is 2.28. The third-order valence-corrected chi connectivity index (χ3v) is 3.06. The van der Waals surface area contributed by atoms with Crippen LogP contribution in [0.2, 0.25) is 10.0 Å². The Labute approximate surface area is 124 Å². The van der Waals surface area contributed by atoms with Crippen molar-refractivity contribution in [2.24, 2.45) is 10.9 Å². The van der Waals surface area contributed by atoms with Crippen LogP contribution < -0.4 is 10.5 Å². The molecular weight excluding hydrogens is 306 g/mol. The highest BCUT2D eigenvalue weighted by molar-refractivity contribution is 6.32. The Kier molecular flexibility index (Phi) is 4.32. The van der Waals surface area contributed by atoms with E-state index in [2.05, 4.69) is 5.16 Å². The number of hydrogen-bond donors (Lipinski definition) is 2. The summed E-state index contributed by atoms with van der Waals surface area (Å²) in [4.78, 5) is 0. The Morgan fingerprint density at radius 2 is 1.90 bits per heavy atom. The van der Waals surface area contributed by atoms with Crippen molar-refractivity contribution in [1.29, 1.82) is 0 Å². The van der Waals surface area contributed by atoms with Crippen LogP contribution in [-0.2, 0) is 0 Å². The average Bonchev–Trinajstić information content (AvgIpc) is 2.44. The van der Waals surface area contributed by atoms with Gasteiger partial charge in [0.2, 0.25) is 0 Å². The molecule has 0 unspecified atom stereocenters. The second-order valence-electron chi connectivity index (χ2n) is 3.81. The lowest BCUT2D eigenvalue weighted by molar-refractivity contribution is 0.318. The number of rotatable bonds is 3. The summed E-state index contributed by atoms with van der Waals surface area (Å²) in [5.74, 6) is -0.0993. The van der Waals surface area contributed by atoms with Gasteiger partial charge in [0.1, 0.15) is 17.3 Å². The summed E-state index contributed by atoms with van der Waals surface area (Å²) in [6.07, 6.45) is 0. The fourth-order valence-corrected chi connectivity index (χ4v) is 1.80. The molecule has 0 fully saturated rings. The molecule has 0 heterocycles. The molecule has 0 bridgehead atoms. The third kappa shape index (κ3) is 3.12.